The lowest BCUT2D eigenvalue weighted by molar-refractivity contribution is 0.0691. The quantitative estimate of drug-likeness (QED) is 0.911. The summed E-state index contributed by atoms with van der Waals surface area (Å²) in [5.41, 5.74) is 0.308. The molecule has 0 unspecified atom stereocenters. The largest absolute Gasteiger partial charge is 0.495 e. The van der Waals surface area contributed by atoms with Crippen LogP contribution in [0.15, 0.2) is 18.2 Å². The minimum atomic E-state index is -1.14. The molecule has 0 spiro atoms. The summed E-state index contributed by atoms with van der Waals surface area (Å²) < 4.78 is 5.03. The van der Waals surface area contributed by atoms with Gasteiger partial charge in [0, 0.05) is 11.5 Å². The Bertz CT molecular complexity index is 613. The first-order valence-electron chi connectivity index (χ1n) is 4.60. The molecule has 0 fully saturated rings. The molecule has 1 aromatic carbocycles. The molecule has 88 valence electrons. The molecule has 1 N–H and O–H groups in total. The number of methoxy groups -OCH3 is 1. The van der Waals surface area contributed by atoms with E-state index >= 15 is 0 Å². The van der Waals surface area contributed by atoms with Crippen LogP contribution in [0.5, 0.6) is 5.75 Å². The molecule has 4 nitrogen and oxygen atoms in total. The van der Waals surface area contributed by atoms with Crippen LogP contribution >= 0.6 is 23.2 Å². The molecule has 2 rings (SSSR count). The van der Waals surface area contributed by atoms with Gasteiger partial charge in [0.2, 0.25) is 0 Å². The van der Waals surface area contributed by atoms with Crippen molar-refractivity contribution in [2.24, 2.45) is 0 Å². The number of fused-ring (bicyclic) bond motifs is 1. The SMILES string of the molecule is COc1cc2nc(C(=O)O)cc(Cl)c2cc1Cl. The van der Waals surface area contributed by atoms with Gasteiger partial charge in [0.05, 0.1) is 22.7 Å². The van der Waals surface area contributed by atoms with E-state index in [1.165, 1.54) is 13.2 Å². The molecule has 1 heterocycles. The number of benzene rings is 1. The predicted octanol–water partition coefficient (Wildman–Crippen LogP) is 3.25. The molecule has 2 aromatic rings. The van der Waals surface area contributed by atoms with Crippen LogP contribution in [-0.4, -0.2) is 23.2 Å². The molecule has 0 atom stereocenters. The van der Waals surface area contributed by atoms with Crippen LogP contribution in [0.2, 0.25) is 10.0 Å². The number of nitrogens with zero attached hydrogens (tertiary/aromatic N) is 1. The third-order valence-electron chi connectivity index (χ3n) is 2.25. The van der Waals surface area contributed by atoms with E-state index in [1.807, 2.05) is 0 Å². The summed E-state index contributed by atoms with van der Waals surface area (Å²) in [6.45, 7) is 0. The highest BCUT2D eigenvalue weighted by molar-refractivity contribution is 6.37. The van der Waals surface area contributed by atoms with Gasteiger partial charge in [0.25, 0.3) is 0 Å². The van der Waals surface area contributed by atoms with E-state index < -0.39 is 5.97 Å². The minimum absolute atomic E-state index is 0.119. The standard InChI is InChI=1S/C11H7Cl2NO3/c1-17-10-4-8-5(2-7(10)13)6(12)3-9(14-8)11(15)16/h2-4H,1H3,(H,15,16). The van der Waals surface area contributed by atoms with Crippen molar-refractivity contribution < 1.29 is 14.6 Å². The lowest BCUT2D eigenvalue weighted by atomic mass is 10.2. The maximum atomic E-state index is 10.8. The molecule has 0 bridgehead atoms. The van der Waals surface area contributed by atoms with Gasteiger partial charge in [-0.05, 0) is 12.1 Å². The zero-order valence-electron chi connectivity index (χ0n) is 8.70. The van der Waals surface area contributed by atoms with E-state index in [-0.39, 0.29) is 10.7 Å². The van der Waals surface area contributed by atoms with E-state index in [4.69, 9.17) is 33.0 Å². The average molecular weight is 272 g/mol. The van der Waals surface area contributed by atoms with Gasteiger partial charge < -0.3 is 9.84 Å². The van der Waals surface area contributed by atoms with Crippen molar-refractivity contribution in [1.82, 2.24) is 4.98 Å². The fourth-order valence-corrected chi connectivity index (χ4v) is 1.95. The van der Waals surface area contributed by atoms with Crippen molar-refractivity contribution in [3.63, 3.8) is 0 Å². The van der Waals surface area contributed by atoms with Crippen LogP contribution in [0, 0.1) is 0 Å². The minimum Gasteiger partial charge on any atom is -0.495 e. The Morgan fingerprint density at radius 1 is 1.29 bits per heavy atom. The summed E-state index contributed by atoms with van der Waals surface area (Å²) in [6.07, 6.45) is 0. The van der Waals surface area contributed by atoms with Crippen LogP contribution in [0.3, 0.4) is 0 Å². The number of aromatic carboxylic acids is 1. The molecule has 0 radical (unpaired) electrons. The number of ether oxygens (including phenoxy) is 1. The maximum absolute atomic E-state index is 10.8. The van der Waals surface area contributed by atoms with Crippen molar-refractivity contribution in [1.29, 1.82) is 0 Å². The summed E-state index contributed by atoms with van der Waals surface area (Å²) in [7, 11) is 1.47. The summed E-state index contributed by atoms with van der Waals surface area (Å²) >= 11 is 11.9. The molecule has 0 amide bonds. The van der Waals surface area contributed by atoms with Crippen molar-refractivity contribution in [3.05, 3.63) is 33.9 Å². The Labute approximate surface area is 107 Å². The topological polar surface area (TPSA) is 59.4 Å². The Kier molecular flexibility index (Phi) is 3.09. The van der Waals surface area contributed by atoms with Gasteiger partial charge in [0.15, 0.2) is 0 Å². The lowest BCUT2D eigenvalue weighted by Gasteiger charge is -2.07. The van der Waals surface area contributed by atoms with Crippen molar-refractivity contribution in [2.75, 3.05) is 7.11 Å². The van der Waals surface area contributed by atoms with E-state index in [0.29, 0.717) is 21.7 Å². The van der Waals surface area contributed by atoms with Gasteiger partial charge in [0.1, 0.15) is 11.4 Å². The normalized spacial score (nSPS) is 10.5. The Hall–Kier alpha value is -1.52. The number of pyridine rings is 1. The van der Waals surface area contributed by atoms with E-state index in [0.717, 1.165) is 0 Å². The van der Waals surface area contributed by atoms with Crippen molar-refractivity contribution in [2.45, 2.75) is 0 Å². The second-order valence-electron chi connectivity index (χ2n) is 3.30. The molecule has 0 aliphatic rings. The highest BCUT2D eigenvalue weighted by Crippen LogP contribution is 2.32. The Morgan fingerprint density at radius 3 is 2.59 bits per heavy atom. The lowest BCUT2D eigenvalue weighted by Crippen LogP contribution is -2.00. The molecule has 6 heteroatoms. The van der Waals surface area contributed by atoms with Crippen molar-refractivity contribution in [3.8, 4) is 5.75 Å². The van der Waals surface area contributed by atoms with Gasteiger partial charge in [-0.2, -0.15) is 0 Å². The number of aromatic nitrogens is 1. The average Bonchev–Trinajstić information content (AvgIpc) is 2.29. The fourth-order valence-electron chi connectivity index (χ4n) is 1.45. The second kappa shape index (κ2) is 4.39. The summed E-state index contributed by atoms with van der Waals surface area (Å²) in [5, 5.41) is 10.1. The molecule has 0 aliphatic heterocycles. The zero-order valence-corrected chi connectivity index (χ0v) is 10.2. The van der Waals surface area contributed by atoms with Gasteiger partial charge in [-0.15, -0.1) is 0 Å². The molecule has 17 heavy (non-hydrogen) atoms. The third kappa shape index (κ3) is 2.14. The third-order valence-corrected chi connectivity index (χ3v) is 2.86. The van der Waals surface area contributed by atoms with Crippen molar-refractivity contribution >= 4 is 40.1 Å². The first kappa shape index (κ1) is 12.0. The number of carbonyl (C=O) groups is 1. The fraction of sp³-hybridized carbons (Fsp3) is 0.0909. The predicted molar refractivity (Wildman–Crippen MR) is 65.3 cm³/mol. The molecule has 0 saturated heterocycles. The number of hydrogen-bond donors (Lipinski definition) is 1. The molecular weight excluding hydrogens is 265 g/mol. The zero-order chi connectivity index (χ0) is 12.6. The number of carboxylic acid groups (broad SMARTS) is 1. The molecule has 1 aromatic heterocycles. The first-order valence-corrected chi connectivity index (χ1v) is 5.35. The van der Waals surface area contributed by atoms with Crippen LogP contribution in [-0.2, 0) is 0 Å². The number of carboxylic acids is 1. The Balaban J connectivity index is 2.78. The number of halogens is 2. The van der Waals surface area contributed by atoms with Crippen LogP contribution in [0.1, 0.15) is 10.5 Å². The highest BCUT2D eigenvalue weighted by Gasteiger charge is 2.12. The highest BCUT2D eigenvalue weighted by atomic mass is 35.5. The number of rotatable bonds is 2. The van der Waals surface area contributed by atoms with Crippen LogP contribution in [0.25, 0.3) is 10.9 Å². The summed E-state index contributed by atoms with van der Waals surface area (Å²) in [4.78, 5) is 14.8. The molecular formula is C11H7Cl2NO3. The summed E-state index contributed by atoms with van der Waals surface area (Å²) in [5.74, 6) is -0.715. The van der Waals surface area contributed by atoms with Crippen LogP contribution < -0.4 is 4.74 Å². The Morgan fingerprint density at radius 2 is 2.00 bits per heavy atom. The monoisotopic (exact) mass is 271 g/mol. The van der Waals surface area contributed by atoms with Gasteiger partial charge in [-0.1, -0.05) is 23.2 Å². The summed E-state index contributed by atoms with van der Waals surface area (Å²) in [6, 6.07) is 4.43. The van der Waals surface area contributed by atoms with E-state index in [1.54, 1.807) is 12.1 Å². The van der Waals surface area contributed by atoms with E-state index in [2.05, 4.69) is 4.98 Å². The van der Waals surface area contributed by atoms with Crippen LogP contribution in [0.4, 0.5) is 0 Å². The smallest absolute Gasteiger partial charge is 0.354 e. The number of hydrogen-bond acceptors (Lipinski definition) is 3. The molecule has 0 aliphatic carbocycles. The first-order chi connectivity index (χ1) is 8.02. The van der Waals surface area contributed by atoms with Gasteiger partial charge >= 0.3 is 5.97 Å². The van der Waals surface area contributed by atoms with Gasteiger partial charge in [-0.3, -0.25) is 0 Å². The van der Waals surface area contributed by atoms with E-state index in [9.17, 15) is 4.79 Å². The second-order valence-corrected chi connectivity index (χ2v) is 4.11. The van der Waals surface area contributed by atoms with Gasteiger partial charge in [-0.25, -0.2) is 9.78 Å². The molecule has 0 saturated carbocycles. The maximum Gasteiger partial charge on any atom is 0.354 e.